The van der Waals surface area contributed by atoms with Gasteiger partial charge >= 0.3 is 0 Å². The summed E-state index contributed by atoms with van der Waals surface area (Å²) in [7, 11) is 0. The van der Waals surface area contributed by atoms with E-state index in [-0.39, 0.29) is 0 Å². The van der Waals surface area contributed by atoms with E-state index in [9.17, 15) is 4.79 Å². The largest absolute Gasteiger partial charge is 0.296 e. The van der Waals surface area contributed by atoms with Gasteiger partial charge in [0.1, 0.15) is 0 Å². The Morgan fingerprint density at radius 3 is 2.45 bits per heavy atom. The molecule has 3 aromatic rings. The fraction of sp³-hybridized carbons (Fsp3) is 0.167. The number of nitrogens with zero attached hydrogens (tertiary/aromatic N) is 3. The van der Waals surface area contributed by atoms with Gasteiger partial charge in [-0.15, -0.1) is 5.10 Å². The molecule has 0 saturated carbocycles. The second kappa shape index (κ2) is 5.93. The Balaban J connectivity index is 2.06. The molecule has 4 heteroatoms. The lowest BCUT2D eigenvalue weighted by Gasteiger charge is -2.09. The summed E-state index contributed by atoms with van der Waals surface area (Å²) in [6.07, 6.45) is 0.764. The van der Waals surface area contributed by atoms with Gasteiger partial charge in [-0.05, 0) is 25.0 Å². The molecular weight excluding hydrogens is 274 g/mol. The standard InChI is InChI=1S/C18H17N3O/c1-13-7-9-15(10-8-13)11-21-18(17(12-22)19-20-21)16-6-4-3-5-14(16)2/h3-10,12H,11H2,1-2H3. The van der Waals surface area contributed by atoms with Crippen molar-refractivity contribution in [2.75, 3.05) is 0 Å². The van der Waals surface area contributed by atoms with Crippen molar-refractivity contribution in [2.24, 2.45) is 0 Å². The number of rotatable bonds is 4. The van der Waals surface area contributed by atoms with Crippen LogP contribution in [0, 0.1) is 13.8 Å². The molecule has 4 nitrogen and oxygen atoms in total. The van der Waals surface area contributed by atoms with Gasteiger partial charge in [0.15, 0.2) is 12.0 Å². The van der Waals surface area contributed by atoms with Gasteiger partial charge in [0.25, 0.3) is 0 Å². The zero-order valence-corrected chi connectivity index (χ0v) is 12.7. The van der Waals surface area contributed by atoms with Crippen LogP contribution in [0.1, 0.15) is 27.2 Å². The molecule has 0 unspecified atom stereocenters. The number of aldehydes is 1. The average molecular weight is 291 g/mol. The highest BCUT2D eigenvalue weighted by molar-refractivity contribution is 5.84. The lowest BCUT2D eigenvalue weighted by molar-refractivity contribution is 0.111. The van der Waals surface area contributed by atoms with Crippen molar-refractivity contribution < 1.29 is 4.79 Å². The molecule has 1 heterocycles. The fourth-order valence-corrected chi connectivity index (χ4v) is 2.50. The molecule has 0 bridgehead atoms. The molecule has 0 fully saturated rings. The van der Waals surface area contributed by atoms with E-state index < -0.39 is 0 Å². The predicted molar refractivity (Wildman–Crippen MR) is 85.9 cm³/mol. The third-order valence-corrected chi connectivity index (χ3v) is 3.73. The maximum Gasteiger partial charge on any atom is 0.172 e. The zero-order chi connectivity index (χ0) is 15.5. The number of carbonyl (C=O) groups is 1. The van der Waals surface area contributed by atoms with Gasteiger partial charge in [-0.2, -0.15) is 0 Å². The summed E-state index contributed by atoms with van der Waals surface area (Å²) in [6.45, 7) is 4.67. The van der Waals surface area contributed by atoms with Gasteiger partial charge in [-0.3, -0.25) is 4.79 Å². The SMILES string of the molecule is Cc1ccc(Cn2nnc(C=O)c2-c2ccccc2C)cc1. The molecule has 110 valence electrons. The van der Waals surface area contributed by atoms with E-state index in [0.29, 0.717) is 12.2 Å². The number of aromatic nitrogens is 3. The minimum atomic E-state index is 0.376. The van der Waals surface area contributed by atoms with Crippen LogP contribution in [0.15, 0.2) is 48.5 Å². The smallest absolute Gasteiger partial charge is 0.172 e. The number of hydrogen-bond donors (Lipinski definition) is 0. The minimum Gasteiger partial charge on any atom is -0.296 e. The summed E-state index contributed by atoms with van der Waals surface area (Å²) in [4.78, 5) is 11.3. The van der Waals surface area contributed by atoms with Gasteiger partial charge in [-0.1, -0.05) is 59.3 Å². The van der Waals surface area contributed by atoms with Crippen molar-refractivity contribution in [3.8, 4) is 11.3 Å². The molecule has 0 aliphatic heterocycles. The second-order valence-corrected chi connectivity index (χ2v) is 5.40. The van der Waals surface area contributed by atoms with Crippen LogP contribution >= 0.6 is 0 Å². The van der Waals surface area contributed by atoms with Crippen LogP contribution in [-0.4, -0.2) is 21.3 Å². The Kier molecular flexibility index (Phi) is 3.83. The summed E-state index contributed by atoms with van der Waals surface area (Å²) in [5, 5.41) is 8.17. The zero-order valence-electron chi connectivity index (χ0n) is 12.7. The first-order valence-corrected chi connectivity index (χ1v) is 7.19. The van der Waals surface area contributed by atoms with E-state index >= 15 is 0 Å². The lowest BCUT2D eigenvalue weighted by Crippen LogP contribution is -2.05. The number of aryl methyl sites for hydroxylation is 2. The van der Waals surface area contributed by atoms with Crippen LogP contribution < -0.4 is 0 Å². The van der Waals surface area contributed by atoms with Gasteiger partial charge < -0.3 is 0 Å². The van der Waals surface area contributed by atoms with Crippen LogP contribution in [0.5, 0.6) is 0 Å². The molecule has 2 aromatic carbocycles. The van der Waals surface area contributed by atoms with Crippen LogP contribution in [0.3, 0.4) is 0 Å². The van der Waals surface area contributed by atoms with E-state index in [4.69, 9.17) is 0 Å². The van der Waals surface area contributed by atoms with Crippen molar-refractivity contribution in [2.45, 2.75) is 20.4 Å². The molecule has 0 aliphatic rings. The van der Waals surface area contributed by atoms with Crippen LogP contribution in [0.4, 0.5) is 0 Å². The van der Waals surface area contributed by atoms with Gasteiger partial charge in [0.2, 0.25) is 0 Å². The van der Waals surface area contributed by atoms with Crippen LogP contribution in [0.2, 0.25) is 0 Å². The molecule has 0 saturated heterocycles. The van der Waals surface area contributed by atoms with Crippen LogP contribution in [0.25, 0.3) is 11.3 Å². The van der Waals surface area contributed by atoms with Crippen molar-refractivity contribution >= 4 is 6.29 Å². The summed E-state index contributed by atoms with van der Waals surface area (Å²) in [6, 6.07) is 16.2. The second-order valence-electron chi connectivity index (χ2n) is 5.40. The Bertz CT molecular complexity index is 803. The number of carbonyl (C=O) groups excluding carboxylic acids is 1. The lowest BCUT2D eigenvalue weighted by atomic mass is 10.0. The summed E-state index contributed by atoms with van der Waals surface area (Å²) < 4.78 is 1.79. The Hall–Kier alpha value is -2.75. The first-order valence-electron chi connectivity index (χ1n) is 7.19. The third kappa shape index (κ3) is 2.68. The van der Waals surface area contributed by atoms with E-state index in [1.165, 1.54) is 5.56 Å². The van der Waals surface area contributed by atoms with Gasteiger partial charge in [-0.25, -0.2) is 4.68 Å². The van der Waals surface area contributed by atoms with Crippen molar-refractivity contribution in [1.29, 1.82) is 0 Å². The fourth-order valence-electron chi connectivity index (χ4n) is 2.50. The summed E-state index contributed by atoms with van der Waals surface area (Å²) in [5.41, 5.74) is 5.58. The van der Waals surface area contributed by atoms with Crippen molar-refractivity contribution in [3.63, 3.8) is 0 Å². The maximum absolute atomic E-state index is 11.3. The molecule has 22 heavy (non-hydrogen) atoms. The normalized spacial score (nSPS) is 10.6. The van der Waals surface area contributed by atoms with Crippen LogP contribution in [-0.2, 0) is 6.54 Å². The number of hydrogen-bond acceptors (Lipinski definition) is 3. The third-order valence-electron chi connectivity index (χ3n) is 3.73. The highest BCUT2D eigenvalue weighted by Crippen LogP contribution is 2.25. The van der Waals surface area contributed by atoms with Gasteiger partial charge in [0, 0.05) is 5.56 Å². The molecule has 0 radical (unpaired) electrons. The topological polar surface area (TPSA) is 47.8 Å². The Morgan fingerprint density at radius 1 is 1.05 bits per heavy atom. The molecule has 1 aromatic heterocycles. The monoisotopic (exact) mass is 291 g/mol. The van der Waals surface area contributed by atoms with E-state index in [2.05, 4.69) is 41.5 Å². The average Bonchev–Trinajstić information content (AvgIpc) is 2.93. The molecule has 0 amide bonds. The first-order chi connectivity index (χ1) is 10.7. The Morgan fingerprint density at radius 2 is 1.77 bits per heavy atom. The molecule has 0 N–H and O–H groups in total. The summed E-state index contributed by atoms with van der Waals surface area (Å²) >= 11 is 0. The predicted octanol–water partition coefficient (Wildman–Crippen LogP) is 3.42. The van der Waals surface area contributed by atoms with E-state index in [1.807, 2.05) is 31.2 Å². The molecule has 3 rings (SSSR count). The highest BCUT2D eigenvalue weighted by Gasteiger charge is 2.16. The Labute approximate surface area is 129 Å². The summed E-state index contributed by atoms with van der Waals surface area (Å²) in [5.74, 6) is 0. The van der Waals surface area contributed by atoms with Gasteiger partial charge in [0.05, 0.1) is 12.2 Å². The van der Waals surface area contributed by atoms with Crippen molar-refractivity contribution in [3.05, 3.63) is 70.9 Å². The van der Waals surface area contributed by atoms with E-state index in [1.54, 1.807) is 4.68 Å². The van der Waals surface area contributed by atoms with Crippen molar-refractivity contribution in [1.82, 2.24) is 15.0 Å². The molecular formula is C18H17N3O. The first kappa shape index (κ1) is 14.2. The molecule has 0 spiro atoms. The highest BCUT2D eigenvalue weighted by atomic mass is 16.1. The maximum atomic E-state index is 11.3. The number of benzene rings is 2. The van der Waals surface area contributed by atoms with E-state index in [0.717, 1.165) is 28.7 Å². The molecule has 0 atom stereocenters. The molecule has 0 aliphatic carbocycles. The quantitative estimate of drug-likeness (QED) is 0.692. The minimum absolute atomic E-state index is 0.376.